The van der Waals surface area contributed by atoms with E-state index in [9.17, 15) is 13.2 Å². The van der Waals surface area contributed by atoms with Gasteiger partial charge in [0.1, 0.15) is 0 Å². The van der Waals surface area contributed by atoms with Gasteiger partial charge in [-0.2, -0.15) is 5.10 Å². The van der Waals surface area contributed by atoms with Crippen molar-refractivity contribution in [1.29, 1.82) is 0 Å². The van der Waals surface area contributed by atoms with Gasteiger partial charge in [-0.05, 0) is 17.7 Å². The third-order valence-corrected chi connectivity index (χ3v) is 5.12. The molecule has 0 atom stereocenters. The highest BCUT2D eigenvalue weighted by Crippen LogP contribution is 2.23. The normalized spacial score (nSPS) is 14.2. The molecule has 0 fully saturated rings. The minimum atomic E-state index is -3.70. The summed E-state index contributed by atoms with van der Waals surface area (Å²) in [5.41, 5.74) is 2.33. The molecule has 0 saturated carbocycles. The van der Waals surface area contributed by atoms with Crippen molar-refractivity contribution in [3.05, 3.63) is 46.6 Å². The van der Waals surface area contributed by atoms with Gasteiger partial charge >= 0.3 is 5.97 Å². The average Bonchev–Trinajstić information content (AvgIpc) is 2.83. The highest BCUT2D eigenvalue weighted by molar-refractivity contribution is 7.91. The lowest BCUT2D eigenvalue weighted by Crippen LogP contribution is -2.25. The monoisotopic (exact) mass is 350 g/mol. The molecular formula is C15H18N4O4S. The summed E-state index contributed by atoms with van der Waals surface area (Å²) in [5.74, 6) is -1.08. The molecule has 2 heterocycles. The minimum Gasteiger partial charge on any atom is -0.478 e. The molecule has 0 aliphatic carbocycles. The van der Waals surface area contributed by atoms with Gasteiger partial charge in [-0.25, -0.2) is 13.2 Å². The van der Waals surface area contributed by atoms with E-state index in [0.29, 0.717) is 17.9 Å². The zero-order chi connectivity index (χ0) is 17.3. The number of nitrogens with zero attached hydrogens (tertiary/aromatic N) is 2. The van der Waals surface area contributed by atoms with Crippen LogP contribution in [-0.2, 0) is 35.8 Å². The van der Waals surface area contributed by atoms with Crippen LogP contribution in [-0.4, -0.2) is 35.8 Å². The van der Waals surface area contributed by atoms with Gasteiger partial charge in [-0.15, -0.1) is 0 Å². The number of carbonyl (C=O) groups is 1. The first-order chi connectivity index (χ1) is 11.4. The standard InChI is InChI=1S/C15H18N4O4S/c1-19-13-5-6-16-8-12(13)14(17-19)18-24(22,23)9-10-3-2-4-11(7-10)15(20)21/h2-4,7,16H,5-6,8-9H2,1H3,(H,17,18)(H,20,21). The van der Waals surface area contributed by atoms with E-state index in [1.807, 2.05) is 0 Å². The molecule has 1 aromatic heterocycles. The number of nitrogens with one attached hydrogen (secondary N) is 2. The second-order valence-corrected chi connectivity index (χ2v) is 7.41. The second kappa shape index (κ2) is 6.25. The Morgan fingerprint density at radius 3 is 3.00 bits per heavy atom. The third-order valence-electron chi connectivity index (χ3n) is 3.90. The molecule has 0 spiro atoms. The van der Waals surface area contributed by atoms with Crippen molar-refractivity contribution in [2.24, 2.45) is 7.05 Å². The summed E-state index contributed by atoms with van der Waals surface area (Å²) in [6, 6.07) is 5.89. The van der Waals surface area contributed by atoms with Crippen molar-refractivity contribution in [1.82, 2.24) is 15.1 Å². The van der Waals surface area contributed by atoms with E-state index >= 15 is 0 Å². The summed E-state index contributed by atoms with van der Waals surface area (Å²) in [6.45, 7) is 1.40. The first kappa shape index (κ1) is 16.5. The summed E-state index contributed by atoms with van der Waals surface area (Å²) < 4.78 is 29.0. The van der Waals surface area contributed by atoms with Crippen molar-refractivity contribution < 1.29 is 18.3 Å². The van der Waals surface area contributed by atoms with Crippen LogP contribution in [0.2, 0.25) is 0 Å². The Hall–Kier alpha value is -2.39. The van der Waals surface area contributed by atoms with E-state index in [0.717, 1.165) is 24.2 Å². The predicted octanol–water partition coefficient (Wildman–Crippen LogP) is 0.706. The molecule has 0 unspecified atom stereocenters. The molecule has 9 heteroatoms. The van der Waals surface area contributed by atoms with E-state index in [2.05, 4.69) is 15.1 Å². The molecule has 3 N–H and O–H groups in total. The average molecular weight is 350 g/mol. The van der Waals surface area contributed by atoms with Gasteiger partial charge in [0, 0.05) is 37.8 Å². The quantitative estimate of drug-likeness (QED) is 0.732. The summed E-state index contributed by atoms with van der Waals surface area (Å²) in [6.07, 6.45) is 0.793. The van der Waals surface area contributed by atoms with Crippen molar-refractivity contribution in [2.75, 3.05) is 11.3 Å². The van der Waals surface area contributed by atoms with Gasteiger partial charge < -0.3 is 10.4 Å². The van der Waals surface area contributed by atoms with Crippen LogP contribution in [0.5, 0.6) is 0 Å². The van der Waals surface area contributed by atoms with E-state index in [1.54, 1.807) is 17.8 Å². The van der Waals surface area contributed by atoms with Gasteiger partial charge in [0.15, 0.2) is 5.82 Å². The Morgan fingerprint density at radius 1 is 1.46 bits per heavy atom. The van der Waals surface area contributed by atoms with E-state index in [-0.39, 0.29) is 11.3 Å². The molecule has 0 bridgehead atoms. The fourth-order valence-corrected chi connectivity index (χ4v) is 3.95. The molecule has 0 radical (unpaired) electrons. The van der Waals surface area contributed by atoms with Crippen LogP contribution in [0.25, 0.3) is 0 Å². The predicted molar refractivity (Wildman–Crippen MR) is 88.3 cm³/mol. The Kier molecular flexibility index (Phi) is 4.29. The number of rotatable bonds is 5. The Labute approximate surface area is 139 Å². The number of benzene rings is 1. The van der Waals surface area contributed by atoms with Crippen LogP contribution in [0.1, 0.15) is 27.2 Å². The number of carboxylic acids is 1. The number of hydrogen-bond acceptors (Lipinski definition) is 5. The lowest BCUT2D eigenvalue weighted by atomic mass is 10.1. The molecule has 1 aromatic carbocycles. The van der Waals surface area contributed by atoms with Crippen LogP contribution < -0.4 is 10.0 Å². The molecule has 8 nitrogen and oxygen atoms in total. The molecule has 1 aliphatic rings. The maximum absolute atomic E-state index is 12.4. The largest absolute Gasteiger partial charge is 0.478 e. The zero-order valence-corrected chi connectivity index (χ0v) is 13.9. The fourth-order valence-electron chi connectivity index (χ4n) is 2.80. The van der Waals surface area contributed by atoms with Crippen LogP contribution in [0.4, 0.5) is 5.82 Å². The molecule has 1 aliphatic heterocycles. The number of carboxylic acid groups (broad SMARTS) is 1. The Bertz CT molecular complexity index is 889. The maximum atomic E-state index is 12.4. The van der Waals surface area contributed by atoms with Gasteiger partial charge in [0.2, 0.25) is 10.0 Å². The third kappa shape index (κ3) is 3.41. The molecule has 0 saturated heterocycles. The summed E-state index contributed by atoms with van der Waals surface area (Å²) >= 11 is 0. The number of anilines is 1. The maximum Gasteiger partial charge on any atom is 0.335 e. The smallest absolute Gasteiger partial charge is 0.335 e. The highest BCUT2D eigenvalue weighted by atomic mass is 32.2. The Morgan fingerprint density at radius 2 is 2.25 bits per heavy atom. The minimum absolute atomic E-state index is 0.0575. The number of fused-ring (bicyclic) bond motifs is 1. The van der Waals surface area contributed by atoms with Crippen molar-refractivity contribution >= 4 is 21.8 Å². The van der Waals surface area contributed by atoms with Crippen molar-refractivity contribution in [3.8, 4) is 0 Å². The highest BCUT2D eigenvalue weighted by Gasteiger charge is 2.23. The van der Waals surface area contributed by atoms with Crippen LogP contribution in [0.15, 0.2) is 24.3 Å². The van der Waals surface area contributed by atoms with Gasteiger partial charge in [-0.1, -0.05) is 12.1 Å². The summed E-state index contributed by atoms with van der Waals surface area (Å²) in [4.78, 5) is 11.0. The first-order valence-corrected chi connectivity index (χ1v) is 9.09. The number of aryl methyl sites for hydroxylation is 1. The lowest BCUT2D eigenvalue weighted by molar-refractivity contribution is 0.0696. The fraction of sp³-hybridized carbons (Fsp3) is 0.333. The first-order valence-electron chi connectivity index (χ1n) is 7.44. The lowest BCUT2D eigenvalue weighted by Gasteiger charge is -2.14. The molecule has 0 amide bonds. The molecule has 24 heavy (non-hydrogen) atoms. The van der Waals surface area contributed by atoms with E-state index in [1.165, 1.54) is 18.2 Å². The van der Waals surface area contributed by atoms with Gasteiger partial charge in [0.25, 0.3) is 0 Å². The number of aromatic carboxylic acids is 1. The van der Waals surface area contributed by atoms with Crippen molar-refractivity contribution in [2.45, 2.75) is 18.7 Å². The Balaban J connectivity index is 1.82. The van der Waals surface area contributed by atoms with Crippen LogP contribution in [0, 0.1) is 0 Å². The summed E-state index contributed by atoms with van der Waals surface area (Å²) in [7, 11) is -1.91. The zero-order valence-electron chi connectivity index (χ0n) is 13.1. The number of aromatic nitrogens is 2. The van der Waals surface area contributed by atoms with Gasteiger partial charge in [-0.3, -0.25) is 9.40 Å². The van der Waals surface area contributed by atoms with Gasteiger partial charge in [0.05, 0.1) is 11.3 Å². The van der Waals surface area contributed by atoms with E-state index < -0.39 is 16.0 Å². The van der Waals surface area contributed by atoms with E-state index in [4.69, 9.17) is 5.11 Å². The molecule has 2 aromatic rings. The molecule has 3 rings (SSSR count). The molecular weight excluding hydrogens is 332 g/mol. The van der Waals surface area contributed by atoms with Crippen molar-refractivity contribution in [3.63, 3.8) is 0 Å². The topological polar surface area (TPSA) is 113 Å². The number of sulfonamides is 1. The van der Waals surface area contributed by atoms with Crippen LogP contribution in [0.3, 0.4) is 0 Å². The van der Waals surface area contributed by atoms with Crippen LogP contribution >= 0.6 is 0 Å². The number of hydrogen-bond donors (Lipinski definition) is 3. The SMILES string of the molecule is Cn1nc(NS(=O)(=O)Cc2cccc(C(=O)O)c2)c2c1CCNC2. The second-order valence-electron chi connectivity index (χ2n) is 5.69. The molecule has 128 valence electrons. The summed E-state index contributed by atoms with van der Waals surface area (Å²) in [5, 5.41) is 16.4.